The SMILES string of the molecule is Cn1nccc1CNC(=O)c1cc(-c2cccs2)[nH]n1. The Bertz CT molecular complexity index is 713. The molecule has 0 aliphatic carbocycles. The number of nitrogens with one attached hydrogen (secondary N) is 2. The summed E-state index contributed by atoms with van der Waals surface area (Å²) in [5.41, 5.74) is 2.17. The monoisotopic (exact) mass is 287 g/mol. The highest BCUT2D eigenvalue weighted by atomic mass is 32.1. The maximum absolute atomic E-state index is 12.0. The van der Waals surface area contributed by atoms with Crippen LogP contribution in [0.15, 0.2) is 35.8 Å². The standard InChI is InChI=1S/C13H13N5OS/c1-18-9(4-5-15-18)8-14-13(19)11-7-10(16-17-11)12-3-2-6-20-12/h2-7H,8H2,1H3,(H,14,19)(H,16,17). The van der Waals surface area contributed by atoms with Gasteiger partial charge in [-0.05, 0) is 23.6 Å². The Morgan fingerprint density at radius 1 is 1.50 bits per heavy atom. The summed E-state index contributed by atoms with van der Waals surface area (Å²) in [6.07, 6.45) is 1.70. The molecule has 1 amide bonds. The number of aromatic amines is 1. The van der Waals surface area contributed by atoms with Crippen molar-refractivity contribution >= 4 is 17.2 Å². The van der Waals surface area contributed by atoms with Gasteiger partial charge in [0.15, 0.2) is 5.69 Å². The first-order valence-corrected chi connectivity index (χ1v) is 6.96. The van der Waals surface area contributed by atoms with Gasteiger partial charge < -0.3 is 5.32 Å². The molecule has 6 nitrogen and oxygen atoms in total. The number of aromatic nitrogens is 4. The number of amides is 1. The summed E-state index contributed by atoms with van der Waals surface area (Å²) in [5.74, 6) is -0.203. The maximum Gasteiger partial charge on any atom is 0.272 e. The molecule has 0 unspecified atom stereocenters. The molecule has 3 rings (SSSR count). The number of hydrogen-bond donors (Lipinski definition) is 2. The Morgan fingerprint density at radius 2 is 2.40 bits per heavy atom. The van der Waals surface area contributed by atoms with E-state index in [0.717, 1.165) is 16.3 Å². The second kappa shape index (κ2) is 5.30. The fourth-order valence-corrected chi connectivity index (χ4v) is 2.52. The molecule has 20 heavy (non-hydrogen) atoms. The molecule has 0 saturated heterocycles. The highest BCUT2D eigenvalue weighted by molar-refractivity contribution is 7.13. The van der Waals surface area contributed by atoms with Crippen molar-refractivity contribution in [3.63, 3.8) is 0 Å². The van der Waals surface area contributed by atoms with E-state index in [1.54, 1.807) is 28.3 Å². The van der Waals surface area contributed by atoms with Crippen molar-refractivity contribution in [3.05, 3.63) is 47.2 Å². The molecule has 0 saturated carbocycles. The Kier molecular flexibility index (Phi) is 3.34. The summed E-state index contributed by atoms with van der Waals surface area (Å²) < 4.78 is 1.72. The average molecular weight is 287 g/mol. The van der Waals surface area contributed by atoms with Crippen LogP contribution in [0.2, 0.25) is 0 Å². The van der Waals surface area contributed by atoms with E-state index in [4.69, 9.17) is 0 Å². The van der Waals surface area contributed by atoms with Crippen molar-refractivity contribution in [3.8, 4) is 10.6 Å². The molecule has 0 fully saturated rings. The highest BCUT2D eigenvalue weighted by Crippen LogP contribution is 2.22. The van der Waals surface area contributed by atoms with Crippen LogP contribution < -0.4 is 5.32 Å². The Morgan fingerprint density at radius 3 is 3.10 bits per heavy atom. The van der Waals surface area contributed by atoms with E-state index >= 15 is 0 Å². The van der Waals surface area contributed by atoms with Gasteiger partial charge in [0.25, 0.3) is 5.91 Å². The minimum atomic E-state index is -0.203. The van der Waals surface area contributed by atoms with E-state index in [0.29, 0.717) is 12.2 Å². The van der Waals surface area contributed by atoms with E-state index in [1.807, 2.05) is 30.6 Å². The Hall–Kier alpha value is -2.41. The second-order valence-electron chi connectivity index (χ2n) is 4.27. The zero-order valence-electron chi connectivity index (χ0n) is 10.8. The van der Waals surface area contributed by atoms with E-state index in [-0.39, 0.29) is 5.91 Å². The van der Waals surface area contributed by atoms with Crippen molar-refractivity contribution in [1.82, 2.24) is 25.3 Å². The quantitative estimate of drug-likeness (QED) is 0.768. The predicted molar refractivity (Wildman–Crippen MR) is 76.3 cm³/mol. The number of carbonyl (C=O) groups is 1. The number of H-pyrrole nitrogens is 1. The van der Waals surface area contributed by atoms with Gasteiger partial charge >= 0.3 is 0 Å². The van der Waals surface area contributed by atoms with Gasteiger partial charge in [0, 0.05) is 13.2 Å². The zero-order chi connectivity index (χ0) is 13.9. The molecular weight excluding hydrogens is 274 g/mol. The molecule has 0 aliphatic heterocycles. The fraction of sp³-hybridized carbons (Fsp3) is 0.154. The van der Waals surface area contributed by atoms with E-state index in [1.165, 1.54) is 0 Å². The normalized spacial score (nSPS) is 10.7. The Balaban J connectivity index is 1.67. The van der Waals surface area contributed by atoms with E-state index in [9.17, 15) is 4.79 Å². The van der Waals surface area contributed by atoms with Crippen LogP contribution in [0.25, 0.3) is 10.6 Å². The molecule has 0 atom stereocenters. The van der Waals surface area contributed by atoms with Gasteiger partial charge in [-0.2, -0.15) is 10.2 Å². The first-order chi connectivity index (χ1) is 9.74. The molecule has 3 aromatic rings. The molecule has 7 heteroatoms. The van der Waals surface area contributed by atoms with Crippen molar-refractivity contribution in [2.75, 3.05) is 0 Å². The fourth-order valence-electron chi connectivity index (χ4n) is 1.83. The summed E-state index contributed by atoms with van der Waals surface area (Å²) >= 11 is 1.60. The molecule has 3 heterocycles. The second-order valence-corrected chi connectivity index (χ2v) is 5.22. The lowest BCUT2D eigenvalue weighted by Gasteiger charge is -2.03. The third-order valence-corrected chi connectivity index (χ3v) is 3.85. The summed E-state index contributed by atoms with van der Waals surface area (Å²) in [6, 6.07) is 7.56. The zero-order valence-corrected chi connectivity index (χ0v) is 11.6. The van der Waals surface area contributed by atoms with Gasteiger partial charge in [-0.3, -0.25) is 14.6 Å². The van der Waals surface area contributed by atoms with Crippen LogP contribution >= 0.6 is 11.3 Å². The molecule has 0 aliphatic rings. The van der Waals surface area contributed by atoms with Gasteiger partial charge in [-0.25, -0.2) is 0 Å². The maximum atomic E-state index is 12.0. The summed E-state index contributed by atoms with van der Waals surface area (Å²) in [6.45, 7) is 0.427. The smallest absolute Gasteiger partial charge is 0.272 e. The minimum absolute atomic E-state index is 0.203. The van der Waals surface area contributed by atoms with Crippen LogP contribution in [0.4, 0.5) is 0 Å². The number of hydrogen-bond acceptors (Lipinski definition) is 4. The summed E-state index contributed by atoms with van der Waals surface area (Å²) in [7, 11) is 1.84. The minimum Gasteiger partial charge on any atom is -0.345 e. The highest BCUT2D eigenvalue weighted by Gasteiger charge is 2.12. The van der Waals surface area contributed by atoms with Crippen molar-refractivity contribution < 1.29 is 4.79 Å². The number of nitrogens with zero attached hydrogens (tertiary/aromatic N) is 3. The molecule has 2 N–H and O–H groups in total. The largest absolute Gasteiger partial charge is 0.345 e. The third kappa shape index (κ3) is 2.48. The van der Waals surface area contributed by atoms with Gasteiger partial charge in [0.1, 0.15) is 0 Å². The van der Waals surface area contributed by atoms with Crippen LogP contribution in [-0.4, -0.2) is 25.9 Å². The van der Waals surface area contributed by atoms with Crippen LogP contribution in [0.1, 0.15) is 16.2 Å². The van der Waals surface area contributed by atoms with Gasteiger partial charge in [0.05, 0.1) is 22.8 Å². The lowest BCUT2D eigenvalue weighted by molar-refractivity contribution is 0.0945. The van der Waals surface area contributed by atoms with Crippen molar-refractivity contribution in [2.45, 2.75) is 6.54 Å². The predicted octanol–water partition coefficient (Wildman–Crippen LogP) is 1.80. The van der Waals surface area contributed by atoms with E-state index in [2.05, 4.69) is 20.6 Å². The molecule has 0 spiro atoms. The van der Waals surface area contributed by atoms with Crippen LogP contribution in [-0.2, 0) is 13.6 Å². The molecule has 0 aromatic carbocycles. The summed E-state index contributed by atoms with van der Waals surface area (Å²) in [4.78, 5) is 13.1. The van der Waals surface area contributed by atoms with Crippen molar-refractivity contribution in [1.29, 1.82) is 0 Å². The van der Waals surface area contributed by atoms with Gasteiger partial charge in [-0.15, -0.1) is 11.3 Å². The van der Waals surface area contributed by atoms with Gasteiger partial charge in [-0.1, -0.05) is 6.07 Å². The first kappa shape index (κ1) is 12.6. The summed E-state index contributed by atoms with van der Waals surface area (Å²) in [5, 5.41) is 15.8. The molecular formula is C13H13N5OS. The lowest BCUT2D eigenvalue weighted by Crippen LogP contribution is -2.24. The lowest BCUT2D eigenvalue weighted by atomic mass is 10.3. The molecule has 102 valence electrons. The van der Waals surface area contributed by atoms with Gasteiger partial charge in [0.2, 0.25) is 0 Å². The first-order valence-electron chi connectivity index (χ1n) is 6.08. The number of rotatable bonds is 4. The average Bonchev–Trinajstić information content (AvgIpc) is 3.17. The Labute approximate surface area is 119 Å². The topological polar surface area (TPSA) is 75.6 Å². The molecule has 0 radical (unpaired) electrons. The van der Waals surface area contributed by atoms with E-state index < -0.39 is 0 Å². The third-order valence-electron chi connectivity index (χ3n) is 2.95. The molecule has 3 aromatic heterocycles. The number of thiophene rings is 1. The number of carbonyl (C=O) groups excluding carboxylic acids is 1. The number of aryl methyl sites for hydroxylation is 1. The molecule has 0 bridgehead atoms. The van der Waals surface area contributed by atoms with Crippen LogP contribution in [0.5, 0.6) is 0 Å². The van der Waals surface area contributed by atoms with Crippen LogP contribution in [0, 0.1) is 0 Å². The van der Waals surface area contributed by atoms with Crippen LogP contribution in [0.3, 0.4) is 0 Å². The van der Waals surface area contributed by atoms with Crippen molar-refractivity contribution in [2.24, 2.45) is 7.05 Å².